The molecule has 0 aliphatic heterocycles. The summed E-state index contributed by atoms with van der Waals surface area (Å²) in [6, 6.07) is 25.6. The fraction of sp³-hybridized carbons (Fsp3) is 0.0667. The Morgan fingerprint density at radius 1 is 0.488 bits per heavy atom. The Hall–Kier alpha value is -5.46. The Balaban J connectivity index is 1.42. The molecule has 0 aliphatic carbocycles. The van der Waals surface area contributed by atoms with E-state index in [9.17, 15) is 26.3 Å². The van der Waals surface area contributed by atoms with E-state index >= 15 is 0 Å². The number of rotatable bonds is 6. The first-order chi connectivity index (χ1) is 20.6. The lowest BCUT2D eigenvalue weighted by Gasteiger charge is -2.14. The third kappa shape index (κ3) is 5.82. The summed E-state index contributed by atoms with van der Waals surface area (Å²) >= 11 is 0. The quantitative estimate of drug-likeness (QED) is 0.183. The molecule has 43 heavy (non-hydrogen) atoms. The van der Waals surface area contributed by atoms with Crippen molar-refractivity contribution in [3.05, 3.63) is 121 Å². The van der Waals surface area contributed by atoms with Crippen LogP contribution in [-0.4, -0.2) is 29.5 Å². The number of ether oxygens (including phenoxy) is 1. The molecule has 0 N–H and O–H groups in total. The summed E-state index contributed by atoms with van der Waals surface area (Å²) in [7, 11) is 0. The number of halogens is 6. The third-order valence-electron chi connectivity index (χ3n) is 6.27. The zero-order valence-corrected chi connectivity index (χ0v) is 21.8. The first-order valence-electron chi connectivity index (χ1n) is 12.6. The lowest BCUT2D eigenvalue weighted by atomic mass is 10.1. The SMILES string of the molecule is FC(F)(F)c1ccn(-c2nc(Oc3ccc(-c4ccccc4)c(-n4ccc(C(F)(F)F)n4)n3)ccc2-c2ccccc2)n1. The van der Waals surface area contributed by atoms with Gasteiger partial charge in [0, 0.05) is 35.7 Å². The molecule has 7 nitrogen and oxygen atoms in total. The molecule has 2 aromatic carbocycles. The van der Waals surface area contributed by atoms with Crippen molar-refractivity contribution in [3.63, 3.8) is 0 Å². The Morgan fingerprint density at radius 3 is 1.23 bits per heavy atom. The van der Waals surface area contributed by atoms with Gasteiger partial charge >= 0.3 is 12.4 Å². The normalized spacial score (nSPS) is 12.0. The van der Waals surface area contributed by atoms with Crippen LogP contribution in [0.3, 0.4) is 0 Å². The Bertz CT molecular complexity index is 1740. The molecule has 0 atom stereocenters. The van der Waals surface area contributed by atoms with Gasteiger partial charge in [-0.05, 0) is 35.4 Å². The van der Waals surface area contributed by atoms with Crippen molar-refractivity contribution in [2.45, 2.75) is 12.4 Å². The summed E-state index contributed by atoms with van der Waals surface area (Å²) in [4.78, 5) is 8.86. The second kappa shape index (κ2) is 10.7. The molecular weight excluding hydrogens is 574 g/mol. The number of pyridine rings is 2. The van der Waals surface area contributed by atoms with E-state index in [-0.39, 0.29) is 23.4 Å². The maximum Gasteiger partial charge on any atom is 0.435 e. The van der Waals surface area contributed by atoms with Crippen LogP contribution in [0.1, 0.15) is 11.4 Å². The Labute approximate surface area is 239 Å². The largest absolute Gasteiger partial charge is 0.435 e. The van der Waals surface area contributed by atoms with Gasteiger partial charge in [-0.3, -0.25) is 0 Å². The van der Waals surface area contributed by atoms with E-state index in [0.717, 1.165) is 33.9 Å². The van der Waals surface area contributed by atoms with Crippen molar-refractivity contribution >= 4 is 0 Å². The summed E-state index contributed by atoms with van der Waals surface area (Å²) in [5.74, 6) is 0.0339. The summed E-state index contributed by atoms with van der Waals surface area (Å²) < 4.78 is 87.7. The molecule has 0 radical (unpaired) electrons. The topological polar surface area (TPSA) is 70.7 Å². The average molecular weight is 593 g/mol. The maximum absolute atomic E-state index is 13.3. The fourth-order valence-corrected chi connectivity index (χ4v) is 4.30. The second-order valence-corrected chi connectivity index (χ2v) is 9.16. The molecule has 4 aromatic heterocycles. The molecule has 0 amide bonds. The molecule has 0 unspecified atom stereocenters. The highest BCUT2D eigenvalue weighted by atomic mass is 19.4. The minimum Gasteiger partial charge on any atom is -0.421 e. The van der Waals surface area contributed by atoms with Gasteiger partial charge in [-0.25, -0.2) is 9.36 Å². The van der Waals surface area contributed by atoms with Crippen LogP contribution in [0, 0.1) is 0 Å². The highest BCUT2D eigenvalue weighted by Gasteiger charge is 2.35. The standard InChI is InChI=1S/C30H18F6N6O/c31-29(32,33)23-15-17-41(39-23)27-21(19-7-3-1-4-8-19)11-13-25(37-27)43-26-14-12-22(20-9-5-2-6-10-20)28(38-26)42-18-16-24(40-42)30(34,35)36/h1-18H. The predicted octanol–water partition coefficient (Wildman–Crippen LogP) is 8.01. The van der Waals surface area contributed by atoms with Crippen LogP contribution in [0.2, 0.25) is 0 Å². The van der Waals surface area contributed by atoms with Crippen LogP contribution in [-0.2, 0) is 12.4 Å². The maximum atomic E-state index is 13.3. The lowest BCUT2D eigenvalue weighted by Crippen LogP contribution is -2.09. The molecule has 6 rings (SSSR count). The van der Waals surface area contributed by atoms with E-state index < -0.39 is 23.7 Å². The van der Waals surface area contributed by atoms with E-state index in [0.29, 0.717) is 22.3 Å². The summed E-state index contributed by atoms with van der Waals surface area (Å²) in [6.45, 7) is 0. The van der Waals surface area contributed by atoms with Gasteiger partial charge < -0.3 is 4.74 Å². The van der Waals surface area contributed by atoms with Gasteiger partial charge in [0.2, 0.25) is 11.8 Å². The van der Waals surface area contributed by atoms with E-state index in [1.54, 1.807) is 72.8 Å². The predicted molar refractivity (Wildman–Crippen MR) is 144 cm³/mol. The Kier molecular flexibility index (Phi) is 6.92. The zero-order valence-electron chi connectivity index (χ0n) is 21.8. The number of benzene rings is 2. The van der Waals surface area contributed by atoms with Gasteiger partial charge in [0.25, 0.3) is 0 Å². The van der Waals surface area contributed by atoms with E-state index in [4.69, 9.17) is 4.74 Å². The molecule has 0 saturated heterocycles. The molecule has 216 valence electrons. The first kappa shape index (κ1) is 27.7. The van der Waals surface area contributed by atoms with E-state index in [2.05, 4.69) is 20.2 Å². The van der Waals surface area contributed by atoms with Crippen LogP contribution in [0.25, 0.3) is 33.9 Å². The number of hydrogen-bond acceptors (Lipinski definition) is 5. The molecular formula is C30H18F6N6O. The van der Waals surface area contributed by atoms with Gasteiger partial charge in [-0.15, -0.1) is 0 Å². The van der Waals surface area contributed by atoms with Crippen molar-refractivity contribution in [2.75, 3.05) is 0 Å². The molecule has 0 aliphatic rings. The van der Waals surface area contributed by atoms with Crippen LogP contribution in [0.15, 0.2) is 109 Å². The zero-order chi connectivity index (χ0) is 30.2. The van der Waals surface area contributed by atoms with Crippen molar-refractivity contribution in [1.29, 1.82) is 0 Å². The second-order valence-electron chi connectivity index (χ2n) is 9.16. The van der Waals surface area contributed by atoms with Crippen molar-refractivity contribution in [3.8, 4) is 45.6 Å². The third-order valence-corrected chi connectivity index (χ3v) is 6.27. The minimum absolute atomic E-state index is 0.0407. The number of hydrogen-bond donors (Lipinski definition) is 0. The lowest BCUT2D eigenvalue weighted by molar-refractivity contribution is -0.142. The highest BCUT2D eigenvalue weighted by Crippen LogP contribution is 2.34. The van der Waals surface area contributed by atoms with Crippen LogP contribution < -0.4 is 4.74 Å². The van der Waals surface area contributed by atoms with Gasteiger partial charge in [-0.1, -0.05) is 60.7 Å². The van der Waals surface area contributed by atoms with Crippen molar-refractivity contribution in [1.82, 2.24) is 29.5 Å². The van der Waals surface area contributed by atoms with Gasteiger partial charge in [0.15, 0.2) is 23.0 Å². The average Bonchev–Trinajstić information content (AvgIpc) is 3.69. The molecule has 0 fully saturated rings. The number of nitrogens with zero attached hydrogens (tertiary/aromatic N) is 6. The molecule has 0 spiro atoms. The summed E-state index contributed by atoms with van der Waals surface area (Å²) in [6.07, 6.45) is -7.04. The van der Waals surface area contributed by atoms with Gasteiger partial charge in [0.1, 0.15) is 0 Å². The fourth-order valence-electron chi connectivity index (χ4n) is 4.30. The molecule has 6 aromatic rings. The summed E-state index contributed by atoms with van der Waals surface area (Å²) in [5.41, 5.74) is 0.114. The first-order valence-corrected chi connectivity index (χ1v) is 12.6. The monoisotopic (exact) mass is 592 g/mol. The van der Waals surface area contributed by atoms with Gasteiger partial charge in [0.05, 0.1) is 0 Å². The molecule has 0 bridgehead atoms. The van der Waals surface area contributed by atoms with Crippen molar-refractivity contribution < 1.29 is 31.1 Å². The smallest absolute Gasteiger partial charge is 0.421 e. The van der Waals surface area contributed by atoms with E-state index in [1.165, 1.54) is 12.1 Å². The molecule has 4 heterocycles. The van der Waals surface area contributed by atoms with Crippen molar-refractivity contribution in [2.24, 2.45) is 0 Å². The van der Waals surface area contributed by atoms with Crippen LogP contribution >= 0.6 is 0 Å². The van der Waals surface area contributed by atoms with Crippen LogP contribution in [0.5, 0.6) is 11.8 Å². The van der Waals surface area contributed by atoms with Gasteiger partial charge in [-0.2, -0.15) is 46.5 Å². The Morgan fingerprint density at radius 2 is 0.884 bits per heavy atom. The van der Waals surface area contributed by atoms with Crippen LogP contribution in [0.4, 0.5) is 26.3 Å². The minimum atomic E-state index is -4.66. The molecule has 0 saturated carbocycles. The highest BCUT2D eigenvalue weighted by molar-refractivity contribution is 5.72. The number of alkyl halides is 6. The van der Waals surface area contributed by atoms with E-state index in [1.807, 2.05) is 0 Å². The number of aromatic nitrogens is 6. The molecule has 13 heteroatoms. The summed E-state index contributed by atoms with van der Waals surface area (Å²) in [5, 5.41) is 7.32.